The second kappa shape index (κ2) is 11.8. The highest BCUT2D eigenvalue weighted by molar-refractivity contribution is 9.10. The molecule has 0 unspecified atom stereocenters. The number of esters is 2. The van der Waals surface area contributed by atoms with E-state index in [2.05, 4.69) is 15.9 Å². The van der Waals surface area contributed by atoms with Crippen molar-refractivity contribution in [1.82, 2.24) is 0 Å². The minimum atomic E-state index is -0.726. The van der Waals surface area contributed by atoms with Crippen LogP contribution in [0.1, 0.15) is 10.4 Å². The van der Waals surface area contributed by atoms with E-state index in [0.29, 0.717) is 15.2 Å². The molecule has 0 aliphatic heterocycles. The number of hydrogen-bond donors (Lipinski definition) is 0. The van der Waals surface area contributed by atoms with Gasteiger partial charge in [0.1, 0.15) is 30.3 Å². The number of hydrogen-bond acceptors (Lipinski definition) is 6. The zero-order valence-electron chi connectivity index (χ0n) is 16.6. The summed E-state index contributed by atoms with van der Waals surface area (Å²) in [5, 5.41) is 0.650. The Kier molecular flexibility index (Phi) is 8.79. The van der Waals surface area contributed by atoms with Crippen LogP contribution in [0.2, 0.25) is 10.0 Å². The van der Waals surface area contributed by atoms with Gasteiger partial charge >= 0.3 is 11.9 Å². The van der Waals surface area contributed by atoms with Gasteiger partial charge in [-0.2, -0.15) is 0 Å². The fourth-order valence-corrected chi connectivity index (χ4v) is 3.93. The summed E-state index contributed by atoms with van der Waals surface area (Å²) in [5.41, 5.74) is 0.103. The summed E-state index contributed by atoms with van der Waals surface area (Å²) in [6.45, 7) is -0.223. The summed E-state index contributed by atoms with van der Waals surface area (Å²) in [6.07, 6.45) is 0. The first-order valence-electron chi connectivity index (χ1n) is 9.36. The Morgan fingerprint density at radius 2 is 1.59 bits per heavy atom. The monoisotopic (exact) mass is 538 g/mol. The van der Waals surface area contributed by atoms with Crippen molar-refractivity contribution in [2.75, 3.05) is 19.8 Å². The van der Waals surface area contributed by atoms with Crippen LogP contribution in [0.5, 0.6) is 17.2 Å². The summed E-state index contributed by atoms with van der Waals surface area (Å²) in [4.78, 5) is 24.7. The summed E-state index contributed by atoms with van der Waals surface area (Å²) in [6, 6.07) is 18.5. The molecule has 0 heterocycles. The van der Waals surface area contributed by atoms with Gasteiger partial charge in [0.25, 0.3) is 0 Å². The van der Waals surface area contributed by atoms with Gasteiger partial charge in [-0.1, -0.05) is 53.5 Å². The van der Waals surface area contributed by atoms with Gasteiger partial charge in [0.05, 0.1) is 9.50 Å². The lowest BCUT2D eigenvalue weighted by atomic mass is 10.2. The summed E-state index contributed by atoms with van der Waals surface area (Å²) >= 11 is 15.3. The Hall–Kier alpha value is -2.74. The molecule has 0 atom stereocenters. The van der Waals surface area contributed by atoms with E-state index in [1.165, 1.54) is 18.2 Å². The van der Waals surface area contributed by atoms with Crippen LogP contribution < -0.4 is 14.2 Å². The third kappa shape index (κ3) is 6.88. The van der Waals surface area contributed by atoms with Crippen LogP contribution in [0.3, 0.4) is 0 Å². The van der Waals surface area contributed by atoms with Crippen LogP contribution >= 0.6 is 39.1 Å². The lowest BCUT2D eigenvalue weighted by molar-refractivity contribution is -0.136. The molecular weight excluding hydrogens is 523 g/mol. The third-order valence-corrected chi connectivity index (χ3v) is 5.04. The molecule has 0 N–H and O–H groups in total. The largest absolute Gasteiger partial charge is 0.490 e. The van der Waals surface area contributed by atoms with Crippen molar-refractivity contribution in [3.8, 4) is 17.2 Å². The van der Waals surface area contributed by atoms with Gasteiger partial charge in [-0.15, -0.1) is 0 Å². The topological polar surface area (TPSA) is 71.1 Å². The Morgan fingerprint density at radius 3 is 2.34 bits per heavy atom. The van der Waals surface area contributed by atoms with Crippen LogP contribution in [-0.4, -0.2) is 31.8 Å². The highest BCUT2D eigenvalue weighted by Gasteiger charge is 2.18. The summed E-state index contributed by atoms with van der Waals surface area (Å²) in [7, 11) is 0. The first-order valence-corrected chi connectivity index (χ1v) is 10.9. The van der Waals surface area contributed by atoms with Crippen molar-refractivity contribution in [3.63, 3.8) is 0 Å². The zero-order valence-corrected chi connectivity index (χ0v) is 19.7. The number of ether oxygens (including phenoxy) is 4. The first-order chi connectivity index (χ1) is 15.4. The maximum atomic E-state index is 12.4. The normalized spacial score (nSPS) is 10.3. The standard InChI is InChI=1S/C23H17BrCl2O6/c24-18-12-15(25)13-19(26)22(18)31-14-21(27)32-20-9-5-4-8-17(20)23(28)30-11-10-29-16-6-2-1-3-7-16/h1-9,12-13H,10-11,14H2. The number of benzene rings is 3. The van der Waals surface area contributed by atoms with E-state index in [1.54, 1.807) is 30.3 Å². The van der Waals surface area contributed by atoms with E-state index in [1.807, 2.05) is 18.2 Å². The number of carbonyl (C=O) groups is 2. The average molecular weight is 540 g/mol. The van der Waals surface area contributed by atoms with Gasteiger partial charge in [0.15, 0.2) is 12.4 Å². The van der Waals surface area contributed by atoms with Crippen molar-refractivity contribution in [2.45, 2.75) is 0 Å². The Bertz CT molecular complexity index is 1070. The SMILES string of the molecule is O=C(COc1c(Cl)cc(Cl)cc1Br)Oc1ccccc1C(=O)OCCOc1ccccc1. The Morgan fingerprint density at radius 1 is 0.875 bits per heavy atom. The second-order valence-electron chi connectivity index (χ2n) is 6.25. The maximum absolute atomic E-state index is 12.4. The molecule has 0 aliphatic rings. The average Bonchev–Trinajstić information content (AvgIpc) is 2.77. The summed E-state index contributed by atoms with van der Waals surface area (Å²) in [5.74, 6) is -0.397. The number of para-hydroxylation sites is 2. The van der Waals surface area contributed by atoms with Crippen LogP contribution in [-0.2, 0) is 9.53 Å². The van der Waals surface area contributed by atoms with Gasteiger partial charge < -0.3 is 18.9 Å². The molecule has 3 rings (SSSR count). The van der Waals surface area contributed by atoms with E-state index in [0.717, 1.165) is 0 Å². The Labute approximate surface area is 203 Å². The molecule has 0 spiro atoms. The van der Waals surface area contributed by atoms with Gasteiger partial charge in [0.2, 0.25) is 0 Å². The molecule has 0 amide bonds. The highest BCUT2D eigenvalue weighted by atomic mass is 79.9. The highest BCUT2D eigenvalue weighted by Crippen LogP contribution is 2.36. The van der Waals surface area contributed by atoms with E-state index in [-0.39, 0.29) is 35.3 Å². The van der Waals surface area contributed by atoms with E-state index in [4.69, 9.17) is 42.1 Å². The summed E-state index contributed by atoms with van der Waals surface area (Å²) < 4.78 is 21.9. The van der Waals surface area contributed by atoms with Crippen molar-refractivity contribution in [2.24, 2.45) is 0 Å². The van der Waals surface area contributed by atoms with Crippen LogP contribution in [0.4, 0.5) is 0 Å². The number of halogens is 3. The predicted octanol–water partition coefficient (Wildman–Crippen LogP) is 5.98. The van der Waals surface area contributed by atoms with Crippen LogP contribution in [0, 0.1) is 0 Å². The molecule has 0 saturated carbocycles. The minimum absolute atomic E-state index is 0.0300. The van der Waals surface area contributed by atoms with E-state index >= 15 is 0 Å². The van der Waals surface area contributed by atoms with Gasteiger partial charge in [-0.05, 0) is 52.3 Å². The first kappa shape index (κ1) is 23.9. The molecule has 0 saturated heterocycles. The van der Waals surface area contributed by atoms with E-state index in [9.17, 15) is 9.59 Å². The predicted molar refractivity (Wildman–Crippen MR) is 124 cm³/mol. The molecule has 6 nitrogen and oxygen atoms in total. The smallest absolute Gasteiger partial charge is 0.349 e. The maximum Gasteiger partial charge on any atom is 0.349 e. The molecule has 0 radical (unpaired) electrons. The van der Waals surface area contributed by atoms with Crippen LogP contribution in [0.15, 0.2) is 71.2 Å². The second-order valence-corrected chi connectivity index (χ2v) is 7.95. The fraction of sp³-hybridized carbons (Fsp3) is 0.130. The molecule has 0 fully saturated rings. The lowest BCUT2D eigenvalue weighted by Gasteiger charge is -2.12. The van der Waals surface area contributed by atoms with Crippen molar-refractivity contribution >= 4 is 51.1 Å². The number of carbonyl (C=O) groups excluding carboxylic acids is 2. The van der Waals surface area contributed by atoms with Gasteiger partial charge in [-0.3, -0.25) is 0 Å². The van der Waals surface area contributed by atoms with E-state index < -0.39 is 18.5 Å². The zero-order chi connectivity index (χ0) is 22.9. The van der Waals surface area contributed by atoms with Crippen molar-refractivity contribution in [3.05, 3.63) is 86.8 Å². The molecular formula is C23H17BrCl2O6. The molecule has 9 heteroatoms. The molecule has 166 valence electrons. The lowest BCUT2D eigenvalue weighted by Crippen LogP contribution is -2.20. The minimum Gasteiger partial charge on any atom is -0.490 e. The van der Waals surface area contributed by atoms with Crippen molar-refractivity contribution < 1.29 is 28.5 Å². The molecule has 0 aliphatic carbocycles. The quantitative estimate of drug-likeness (QED) is 0.189. The van der Waals surface area contributed by atoms with Crippen molar-refractivity contribution in [1.29, 1.82) is 0 Å². The molecule has 0 bridgehead atoms. The molecule has 3 aromatic carbocycles. The van der Waals surface area contributed by atoms with Crippen LogP contribution in [0.25, 0.3) is 0 Å². The third-order valence-electron chi connectivity index (χ3n) is 3.96. The molecule has 3 aromatic rings. The fourth-order valence-electron chi connectivity index (χ4n) is 2.56. The number of rotatable bonds is 9. The Balaban J connectivity index is 1.54. The van der Waals surface area contributed by atoms with Gasteiger partial charge in [-0.25, -0.2) is 9.59 Å². The van der Waals surface area contributed by atoms with Gasteiger partial charge in [0, 0.05) is 5.02 Å². The molecule has 0 aromatic heterocycles. The molecule has 32 heavy (non-hydrogen) atoms.